The molecule has 2 fully saturated rings. The number of Topliss-reactive ketones (excluding diaryl/α,β-unsaturated/α-hetero) is 1. The summed E-state index contributed by atoms with van der Waals surface area (Å²) in [4.78, 5) is 52.2. The molecule has 3 atom stereocenters. The van der Waals surface area contributed by atoms with Gasteiger partial charge in [0.1, 0.15) is 12.1 Å². The topological polar surface area (TPSA) is 86.8 Å². The minimum absolute atomic E-state index is 0.0118. The van der Waals surface area contributed by atoms with Crippen LogP contribution in [0, 0.1) is 0 Å². The third kappa shape index (κ3) is 4.71. The molecule has 0 bridgehead atoms. The lowest BCUT2D eigenvalue weighted by Gasteiger charge is -2.28. The molecule has 3 amide bonds. The Labute approximate surface area is 162 Å². The minimum Gasteiger partial charge on any atom is -0.343 e. The van der Waals surface area contributed by atoms with Crippen molar-refractivity contribution in [1.82, 2.24) is 15.1 Å². The average molecular weight is 463 g/mol. The molecule has 0 aromatic heterocycles. The number of amides is 3. The zero-order chi connectivity index (χ0) is 18.6. The highest BCUT2D eigenvalue weighted by Crippen LogP contribution is 2.21. The number of likely N-dealkylation sites (tertiary alicyclic amines) is 2. The van der Waals surface area contributed by atoms with Crippen molar-refractivity contribution in [3.8, 4) is 0 Å². The van der Waals surface area contributed by atoms with Gasteiger partial charge in [0.2, 0.25) is 17.7 Å². The van der Waals surface area contributed by atoms with E-state index in [-0.39, 0.29) is 29.5 Å². The van der Waals surface area contributed by atoms with Gasteiger partial charge in [-0.15, -0.1) is 0 Å². The quantitative estimate of drug-likeness (QED) is 0.469. The van der Waals surface area contributed by atoms with Crippen LogP contribution in [-0.2, 0) is 19.2 Å². The molecule has 0 aromatic carbocycles. The maximum Gasteiger partial charge on any atom is 0.245 e. The number of alkyl halides is 1. The van der Waals surface area contributed by atoms with Gasteiger partial charge in [0.15, 0.2) is 5.78 Å². The Morgan fingerprint density at radius 3 is 2.28 bits per heavy atom. The summed E-state index contributed by atoms with van der Waals surface area (Å²) < 4.78 is 0.720. The first-order valence-electron chi connectivity index (χ1n) is 8.83. The van der Waals surface area contributed by atoms with Gasteiger partial charge in [0, 0.05) is 23.9 Å². The van der Waals surface area contributed by atoms with Crippen LogP contribution in [0.1, 0.15) is 46.0 Å². The van der Waals surface area contributed by atoms with Crippen LogP contribution in [0.4, 0.5) is 0 Å². The number of hydrogen-bond acceptors (Lipinski definition) is 4. The Hall–Kier alpha value is -1.19. The van der Waals surface area contributed by atoms with E-state index in [1.54, 1.807) is 16.7 Å². The number of hydrogen-bond donors (Lipinski definition) is 1. The van der Waals surface area contributed by atoms with Crippen LogP contribution in [0.2, 0.25) is 0 Å². The van der Waals surface area contributed by atoms with Gasteiger partial charge in [-0.25, -0.2) is 0 Å². The minimum atomic E-state index is -0.699. The number of carbonyl (C=O) groups excluding carboxylic acids is 4. The van der Waals surface area contributed by atoms with Crippen LogP contribution in [0.15, 0.2) is 0 Å². The molecule has 7 nitrogen and oxygen atoms in total. The summed E-state index contributed by atoms with van der Waals surface area (Å²) in [6.07, 6.45) is 3.33. The third-order valence-corrected chi connectivity index (χ3v) is 5.46. The van der Waals surface area contributed by atoms with E-state index in [0.717, 1.165) is 17.3 Å². The van der Waals surface area contributed by atoms with E-state index in [0.29, 0.717) is 32.4 Å². The normalized spacial score (nSPS) is 24.3. The fraction of sp³-hybridized carbons (Fsp3) is 0.765. The number of ketones is 1. The van der Waals surface area contributed by atoms with Gasteiger partial charge in [-0.2, -0.15) is 0 Å². The fourth-order valence-corrected chi connectivity index (χ4v) is 4.10. The molecule has 2 aliphatic rings. The maximum absolute atomic E-state index is 12.6. The molecule has 2 heterocycles. The SMILES string of the molecule is CC(=O)C1CCCN1C(=O)C(C)NC(=O)C1CCCN1C(=O)CCI. The molecule has 0 aromatic rings. The van der Waals surface area contributed by atoms with Crippen molar-refractivity contribution in [3.63, 3.8) is 0 Å². The Bertz CT molecular complexity index is 554. The number of nitrogens with one attached hydrogen (secondary N) is 1. The molecule has 140 valence electrons. The Balaban J connectivity index is 1.96. The van der Waals surface area contributed by atoms with Crippen LogP contribution >= 0.6 is 22.6 Å². The maximum atomic E-state index is 12.6. The summed E-state index contributed by atoms with van der Waals surface area (Å²) >= 11 is 2.14. The first-order valence-corrected chi connectivity index (χ1v) is 10.4. The molecule has 0 aliphatic carbocycles. The first-order chi connectivity index (χ1) is 11.9. The van der Waals surface area contributed by atoms with E-state index < -0.39 is 12.1 Å². The van der Waals surface area contributed by atoms with Crippen LogP contribution in [-0.4, -0.2) is 68.9 Å². The van der Waals surface area contributed by atoms with Gasteiger partial charge in [0.25, 0.3) is 0 Å². The van der Waals surface area contributed by atoms with E-state index in [4.69, 9.17) is 0 Å². The molecule has 0 spiro atoms. The van der Waals surface area contributed by atoms with Crippen LogP contribution < -0.4 is 5.32 Å². The summed E-state index contributed by atoms with van der Waals surface area (Å²) in [5, 5.41) is 2.75. The summed E-state index contributed by atoms with van der Waals surface area (Å²) in [6.45, 7) is 4.28. The molecule has 2 aliphatic heterocycles. The smallest absolute Gasteiger partial charge is 0.245 e. The summed E-state index contributed by atoms with van der Waals surface area (Å²) in [5.74, 6) is -0.536. The largest absolute Gasteiger partial charge is 0.343 e. The molecule has 2 saturated heterocycles. The van der Waals surface area contributed by atoms with Gasteiger partial charge in [0.05, 0.1) is 6.04 Å². The first kappa shape index (κ1) is 20.1. The van der Waals surface area contributed by atoms with Gasteiger partial charge in [-0.1, -0.05) is 22.6 Å². The van der Waals surface area contributed by atoms with Gasteiger partial charge < -0.3 is 15.1 Å². The molecule has 1 N–H and O–H groups in total. The van der Waals surface area contributed by atoms with Crippen molar-refractivity contribution in [2.24, 2.45) is 0 Å². The predicted molar refractivity (Wildman–Crippen MR) is 101 cm³/mol. The van der Waals surface area contributed by atoms with Crippen molar-refractivity contribution >= 4 is 46.1 Å². The predicted octanol–water partition coefficient (Wildman–Crippen LogP) is 0.887. The summed E-state index contributed by atoms with van der Waals surface area (Å²) in [7, 11) is 0. The summed E-state index contributed by atoms with van der Waals surface area (Å²) in [6, 6.07) is -1.57. The van der Waals surface area contributed by atoms with Crippen LogP contribution in [0.25, 0.3) is 0 Å². The van der Waals surface area contributed by atoms with Crippen LogP contribution in [0.3, 0.4) is 0 Å². The zero-order valence-electron chi connectivity index (χ0n) is 14.8. The lowest BCUT2D eigenvalue weighted by atomic mass is 10.1. The molecular weight excluding hydrogens is 437 g/mol. The molecule has 2 rings (SSSR count). The third-order valence-electron chi connectivity index (χ3n) is 4.92. The van der Waals surface area contributed by atoms with Gasteiger partial charge >= 0.3 is 0 Å². The highest BCUT2D eigenvalue weighted by Gasteiger charge is 2.37. The van der Waals surface area contributed by atoms with Crippen molar-refractivity contribution in [1.29, 1.82) is 0 Å². The van der Waals surface area contributed by atoms with E-state index in [9.17, 15) is 19.2 Å². The Morgan fingerprint density at radius 2 is 1.68 bits per heavy atom. The highest BCUT2D eigenvalue weighted by atomic mass is 127. The van der Waals surface area contributed by atoms with Crippen molar-refractivity contribution in [3.05, 3.63) is 0 Å². The second kappa shape index (κ2) is 8.95. The van der Waals surface area contributed by atoms with E-state index in [1.807, 2.05) is 0 Å². The Kier molecular flexibility index (Phi) is 7.21. The van der Waals surface area contributed by atoms with E-state index >= 15 is 0 Å². The van der Waals surface area contributed by atoms with Crippen molar-refractivity contribution in [2.75, 3.05) is 17.5 Å². The summed E-state index contributed by atoms with van der Waals surface area (Å²) in [5.41, 5.74) is 0. The van der Waals surface area contributed by atoms with Gasteiger partial charge in [-0.3, -0.25) is 19.2 Å². The number of rotatable bonds is 6. The van der Waals surface area contributed by atoms with Crippen molar-refractivity contribution < 1.29 is 19.2 Å². The van der Waals surface area contributed by atoms with Crippen LogP contribution in [0.5, 0.6) is 0 Å². The second-order valence-corrected chi connectivity index (χ2v) is 7.79. The number of halogens is 1. The molecule has 0 radical (unpaired) electrons. The fourth-order valence-electron chi connectivity index (χ4n) is 3.64. The van der Waals surface area contributed by atoms with E-state index in [1.165, 1.54) is 6.92 Å². The molecule has 25 heavy (non-hydrogen) atoms. The molecule has 0 saturated carbocycles. The lowest BCUT2D eigenvalue weighted by molar-refractivity contribution is -0.142. The second-order valence-electron chi connectivity index (χ2n) is 6.71. The highest BCUT2D eigenvalue weighted by molar-refractivity contribution is 14.1. The number of carbonyl (C=O) groups is 4. The van der Waals surface area contributed by atoms with E-state index in [2.05, 4.69) is 27.9 Å². The zero-order valence-corrected chi connectivity index (χ0v) is 17.0. The monoisotopic (exact) mass is 463 g/mol. The van der Waals surface area contributed by atoms with Gasteiger partial charge in [-0.05, 0) is 39.5 Å². The molecule has 8 heteroatoms. The average Bonchev–Trinajstić information content (AvgIpc) is 3.23. The standard InChI is InChI=1S/C17H26IN3O4/c1-11(17(25)21-10-3-5-13(21)12(2)22)19-16(24)14-6-4-9-20(14)15(23)7-8-18/h11,13-14H,3-10H2,1-2H3,(H,19,24). The van der Waals surface area contributed by atoms with Crippen molar-refractivity contribution in [2.45, 2.75) is 64.1 Å². The Morgan fingerprint density at radius 1 is 1.08 bits per heavy atom. The lowest BCUT2D eigenvalue weighted by Crippen LogP contribution is -2.54. The molecule has 3 unspecified atom stereocenters. The molecular formula is C17H26IN3O4. The number of nitrogens with zero attached hydrogens (tertiary/aromatic N) is 2.